The molecule has 2 aliphatic heterocycles. The van der Waals surface area contributed by atoms with E-state index in [1.165, 1.54) is 0 Å². The molecule has 10 nitrogen and oxygen atoms in total. The van der Waals surface area contributed by atoms with Gasteiger partial charge in [0.1, 0.15) is 42.1 Å². The Labute approximate surface area is 135 Å². The molecule has 0 aromatic carbocycles. The van der Waals surface area contributed by atoms with E-state index in [0.29, 0.717) is 11.8 Å². The van der Waals surface area contributed by atoms with Gasteiger partial charge in [-0.25, -0.2) is 0 Å². The van der Waals surface area contributed by atoms with Crippen LogP contribution >= 0.6 is 11.8 Å². The number of rotatable bonds is 4. The third kappa shape index (κ3) is 3.80. The van der Waals surface area contributed by atoms with Crippen molar-refractivity contribution in [3.8, 4) is 0 Å². The van der Waals surface area contributed by atoms with E-state index in [-0.39, 0.29) is 0 Å². The maximum atomic E-state index is 10.1. The fourth-order valence-corrected chi connectivity index (χ4v) is 4.03. The van der Waals surface area contributed by atoms with Gasteiger partial charge in [0, 0.05) is 0 Å². The van der Waals surface area contributed by atoms with Crippen LogP contribution in [0.3, 0.4) is 0 Å². The monoisotopic (exact) mass is 358 g/mol. The van der Waals surface area contributed by atoms with Crippen LogP contribution in [0.2, 0.25) is 0 Å². The Bertz CT molecular complexity index is 385. The third-order valence-electron chi connectivity index (χ3n) is 3.98. The average Bonchev–Trinajstić information content (AvgIpc) is 2.54. The van der Waals surface area contributed by atoms with Crippen LogP contribution in [0, 0.1) is 0 Å². The molecule has 0 bridgehead atoms. The first-order chi connectivity index (χ1) is 10.8. The van der Waals surface area contributed by atoms with Crippen molar-refractivity contribution in [1.29, 1.82) is 0 Å². The summed E-state index contributed by atoms with van der Waals surface area (Å²) in [5.41, 5.74) is -1.19. The van der Waals surface area contributed by atoms with Crippen molar-refractivity contribution < 1.29 is 50.3 Å². The van der Waals surface area contributed by atoms with Crippen molar-refractivity contribution in [3.63, 3.8) is 0 Å². The molecule has 0 radical (unpaired) electrons. The van der Waals surface area contributed by atoms with Crippen molar-refractivity contribution in [3.05, 3.63) is 0 Å². The Morgan fingerprint density at radius 3 is 1.78 bits per heavy atom. The van der Waals surface area contributed by atoms with E-state index in [4.69, 9.17) is 19.7 Å². The zero-order valence-electron chi connectivity index (χ0n) is 12.0. The maximum Gasteiger partial charge on any atom is 0.182 e. The van der Waals surface area contributed by atoms with Crippen LogP contribution in [0.25, 0.3) is 0 Å². The van der Waals surface area contributed by atoms with Gasteiger partial charge < -0.3 is 50.3 Å². The Morgan fingerprint density at radius 2 is 1.22 bits per heavy atom. The second kappa shape index (κ2) is 7.89. The molecular formula is C12H22O10S. The molecule has 0 aromatic heterocycles. The molecule has 136 valence electrons. The lowest BCUT2D eigenvalue weighted by Crippen LogP contribution is -2.61. The van der Waals surface area contributed by atoms with Gasteiger partial charge in [-0.3, -0.25) is 0 Å². The van der Waals surface area contributed by atoms with Gasteiger partial charge in [0.25, 0.3) is 0 Å². The van der Waals surface area contributed by atoms with E-state index in [0.717, 1.165) is 0 Å². The van der Waals surface area contributed by atoms with Gasteiger partial charge in [-0.2, -0.15) is 0 Å². The Kier molecular flexibility index (Phi) is 6.61. The van der Waals surface area contributed by atoms with Crippen LogP contribution < -0.4 is 0 Å². The lowest BCUT2D eigenvalue weighted by Gasteiger charge is -2.44. The summed E-state index contributed by atoms with van der Waals surface area (Å²) in [5.74, 6) is 0. The normalized spacial score (nSPS) is 51.7. The predicted molar refractivity (Wildman–Crippen MR) is 75.1 cm³/mol. The minimum Gasteiger partial charge on any atom is -0.394 e. The summed E-state index contributed by atoms with van der Waals surface area (Å²) in [7, 11) is 0. The van der Waals surface area contributed by atoms with Crippen molar-refractivity contribution in [2.24, 2.45) is 0 Å². The summed E-state index contributed by atoms with van der Waals surface area (Å²) in [5, 5.41) is 76.2. The van der Waals surface area contributed by atoms with Gasteiger partial charge in [0.05, 0.1) is 24.6 Å². The summed E-state index contributed by atoms with van der Waals surface area (Å²) in [6.45, 7) is -1.21. The molecule has 0 amide bonds. The molecule has 2 saturated heterocycles. The predicted octanol–water partition coefficient (Wildman–Crippen LogP) is -4.68. The Morgan fingerprint density at radius 1 is 0.652 bits per heavy atom. The van der Waals surface area contributed by atoms with Crippen molar-refractivity contribution in [2.45, 2.75) is 59.7 Å². The summed E-state index contributed by atoms with van der Waals surface area (Å²) in [6, 6.07) is 0. The van der Waals surface area contributed by atoms with Crippen LogP contribution in [0.4, 0.5) is 0 Å². The zero-order chi connectivity index (χ0) is 17.3. The van der Waals surface area contributed by atoms with Gasteiger partial charge in [0.2, 0.25) is 0 Å². The maximum absolute atomic E-state index is 10.1. The largest absolute Gasteiger partial charge is 0.394 e. The molecule has 0 spiro atoms. The van der Waals surface area contributed by atoms with Crippen LogP contribution in [-0.2, 0) is 9.47 Å². The van der Waals surface area contributed by atoms with Crippen LogP contribution in [0.1, 0.15) is 0 Å². The molecule has 8 N–H and O–H groups in total. The smallest absolute Gasteiger partial charge is 0.182 e. The molecule has 11 heteroatoms. The minimum atomic E-state index is -1.65. The van der Waals surface area contributed by atoms with Crippen molar-refractivity contribution >= 4 is 11.8 Å². The lowest BCUT2D eigenvalue weighted by atomic mass is 10.0. The summed E-state index contributed by atoms with van der Waals surface area (Å²) < 4.78 is 10.1. The molecule has 1 unspecified atom stereocenters. The van der Waals surface area contributed by atoms with E-state index in [2.05, 4.69) is 0 Å². The fraction of sp³-hybridized carbons (Fsp3) is 1.00. The second-order valence-electron chi connectivity index (χ2n) is 5.53. The minimum absolute atomic E-state index is 0.601. The van der Waals surface area contributed by atoms with Gasteiger partial charge in [-0.05, 0) is 0 Å². The van der Waals surface area contributed by atoms with E-state index >= 15 is 0 Å². The summed E-state index contributed by atoms with van der Waals surface area (Å²) in [6.07, 6.45) is -11.5. The van der Waals surface area contributed by atoms with Crippen molar-refractivity contribution in [2.75, 3.05) is 13.2 Å². The van der Waals surface area contributed by atoms with Gasteiger partial charge in [-0.15, -0.1) is 11.8 Å². The molecule has 2 heterocycles. The molecule has 2 rings (SSSR count). The number of hydrogen-bond donors (Lipinski definition) is 8. The van der Waals surface area contributed by atoms with Gasteiger partial charge in [-0.1, -0.05) is 0 Å². The van der Waals surface area contributed by atoms with Gasteiger partial charge in [0.15, 0.2) is 6.29 Å². The number of thioether (sulfide) groups is 1. The number of hydrogen-bond acceptors (Lipinski definition) is 11. The van der Waals surface area contributed by atoms with E-state index < -0.39 is 72.9 Å². The first-order valence-electron chi connectivity index (χ1n) is 7.08. The summed E-state index contributed by atoms with van der Waals surface area (Å²) >= 11 is 0.708. The SMILES string of the molecule is OC[C@H]1O[C@H](S[C@H]2[C@H](O)[C@@H](CO)OC(O)[C@@H]2O)[C@H](O)[C@@H](O)[C@@H]1O. The number of ether oxygens (including phenoxy) is 2. The molecule has 23 heavy (non-hydrogen) atoms. The quantitative estimate of drug-likeness (QED) is 0.242. The van der Waals surface area contributed by atoms with E-state index in [1.54, 1.807) is 0 Å². The first kappa shape index (κ1) is 19.3. The second-order valence-corrected chi connectivity index (χ2v) is 6.81. The van der Waals surface area contributed by atoms with Crippen LogP contribution in [0.15, 0.2) is 0 Å². The molecule has 0 aliphatic carbocycles. The standard InChI is InChI=1S/C12H22O10S/c13-1-3-5(15)7(17)8(18)12(22-3)23-10-6(16)4(2-14)21-11(20)9(10)19/h3-20H,1-2H2/t3-,4-,5-,6-,7+,8-,9-,10+,11?,12-/m1/s1. The van der Waals surface area contributed by atoms with E-state index in [1.807, 2.05) is 0 Å². The highest BCUT2D eigenvalue weighted by atomic mass is 32.2. The zero-order valence-corrected chi connectivity index (χ0v) is 12.8. The van der Waals surface area contributed by atoms with Crippen molar-refractivity contribution in [1.82, 2.24) is 0 Å². The van der Waals surface area contributed by atoms with Gasteiger partial charge >= 0.3 is 0 Å². The fourth-order valence-electron chi connectivity index (χ4n) is 2.56. The van der Waals surface area contributed by atoms with Crippen LogP contribution in [0.5, 0.6) is 0 Å². The average molecular weight is 358 g/mol. The number of aliphatic hydroxyl groups excluding tert-OH is 8. The Balaban J connectivity index is 2.11. The Hall–Kier alpha value is -0.0500. The highest BCUT2D eigenvalue weighted by molar-refractivity contribution is 8.00. The van der Waals surface area contributed by atoms with E-state index in [9.17, 15) is 30.6 Å². The molecule has 0 aromatic rings. The third-order valence-corrected chi connectivity index (χ3v) is 5.51. The number of aliphatic hydroxyl groups is 8. The molecular weight excluding hydrogens is 336 g/mol. The topological polar surface area (TPSA) is 180 Å². The highest BCUT2D eigenvalue weighted by Crippen LogP contribution is 2.37. The molecule has 0 saturated carbocycles. The molecule has 10 atom stereocenters. The lowest BCUT2D eigenvalue weighted by molar-refractivity contribution is -0.249. The molecule has 2 aliphatic rings. The highest BCUT2D eigenvalue weighted by Gasteiger charge is 2.49. The molecule has 2 fully saturated rings. The first-order valence-corrected chi connectivity index (χ1v) is 8.02. The van der Waals surface area contributed by atoms with Crippen LogP contribution in [-0.4, -0.2) is 114 Å². The summed E-state index contributed by atoms with van der Waals surface area (Å²) in [4.78, 5) is 0.